The fourth-order valence-corrected chi connectivity index (χ4v) is 1.28. The van der Waals surface area contributed by atoms with Crippen molar-refractivity contribution in [3.63, 3.8) is 0 Å². The van der Waals surface area contributed by atoms with Gasteiger partial charge in [-0.05, 0) is 17.7 Å². The van der Waals surface area contributed by atoms with Crippen molar-refractivity contribution < 1.29 is 9.53 Å². The molecule has 0 atom stereocenters. The number of carbonyl (C=O) groups is 1. The maximum atomic E-state index is 11.5. The van der Waals surface area contributed by atoms with Crippen LogP contribution >= 0.6 is 0 Å². The van der Waals surface area contributed by atoms with Crippen LogP contribution in [0.5, 0.6) is 0 Å². The van der Waals surface area contributed by atoms with Crippen LogP contribution < -0.4 is 0 Å². The Morgan fingerprint density at radius 1 is 1.06 bits per heavy atom. The van der Waals surface area contributed by atoms with E-state index in [0.29, 0.717) is 5.69 Å². The van der Waals surface area contributed by atoms with Gasteiger partial charge in [-0.25, -0.2) is 9.78 Å². The molecule has 0 spiro atoms. The van der Waals surface area contributed by atoms with E-state index in [2.05, 4.69) is 4.98 Å². The molecule has 2 aromatic rings. The van der Waals surface area contributed by atoms with E-state index in [9.17, 15) is 4.79 Å². The number of ether oxygens (including phenoxy) is 1. The van der Waals surface area contributed by atoms with Gasteiger partial charge in [0.2, 0.25) is 0 Å². The van der Waals surface area contributed by atoms with Gasteiger partial charge in [-0.3, -0.25) is 0 Å². The molecule has 1 heterocycles. The van der Waals surface area contributed by atoms with Gasteiger partial charge in [0.15, 0.2) is 0 Å². The molecule has 1 aromatic heterocycles. The summed E-state index contributed by atoms with van der Waals surface area (Å²) >= 11 is 0. The van der Waals surface area contributed by atoms with Crippen LogP contribution in [0.3, 0.4) is 0 Å². The Hall–Kier alpha value is -1.16. The van der Waals surface area contributed by atoms with E-state index in [4.69, 9.17) is 4.74 Å². The van der Waals surface area contributed by atoms with Gasteiger partial charge >= 0.3 is 5.97 Å². The number of rotatable bonds is 3. The minimum absolute atomic E-state index is 0. The van der Waals surface area contributed by atoms with Crippen molar-refractivity contribution in [2.45, 2.75) is 6.61 Å². The normalized spacial score (nSPS) is 9.18. The van der Waals surface area contributed by atoms with E-state index >= 15 is 0 Å². The molecule has 1 aromatic carbocycles. The summed E-state index contributed by atoms with van der Waals surface area (Å²) in [6.07, 6.45) is 1.57. The molecule has 0 N–H and O–H groups in total. The van der Waals surface area contributed by atoms with Crippen LogP contribution in [0, 0.1) is 0 Å². The predicted molar refractivity (Wildman–Crippen MR) is 65.6 cm³/mol. The van der Waals surface area contributed by atoms with Crippen LogP contribution in [-0.2, 0) is 11.3 Å². The number of nitrogens with zero attached hydrogens (tertiary/aromatic N) is 1. The van der Waals surface area contributed by atoms with Crippen LogP contribution in [0.1, 0.15) is 16.1 Å². The number of esters is 1. The fourth-order valence-electron chi connectivity index (χ4n) is 1.28. The zero-order chi connectivity index (χ0) is 11.2. The van der Waals surface area contributed by atoms with Crippen molar-refractivity contribution in [1.82, 2.24) is 4.98 Å². The molecule has 1 radical (unpaired) electrons. The van der Waals surface area contributed by atoms with E-state index in [1.165, 1.54) is 0 Å². The molecule has 0 bridgehead atoms. The summed E-state index contributed by atoms with van der Waals surface area (Å²) in [6, 6.07) is 14.7. The molecule has 2 rings (SSSR count). The number of benzene rings is 1. The number of hydrogen-bond donors (Lipinski definition) is 0. The third-order valence-electron chi connectivity index (χ3n) is 2.09. The van der Waals surface area contributed by atoms with Crippen molar-refractivity contribution in [1.29, 1.82) is 0 Å². The Kier molecular flexibility index (Phi) is 5.91. The van der Waals surface area contributed by atoms with E-state index in [1.54, 1.807) is 24.4 Å². The first-order valence-electron chi connectivity index (χ1n) is 4.98. The van der Waals surface area contributed by atoms with Crippen molar-refractivity contribution in [2.24, 2.45) is 0 Å². The second kappa shape index (κ2) is 7.22. The van der Waals surface area contributed by atoms with Gasteiger partial charge in [-0.1, -0.05) is 36.4 Å². The maximum Gasteiger partial charge on any atom is 0.357 e. The van der Waals surface area contributed by atoms with Gasteiger partial charge in [-0.15, -0.1) is 0 Å². The smallest absolute Gasteiger partial charge is 0.357 e. The Balaban J connectivity index is 0.00000144. The third-order valence-corrected chi connectivity index (χ3v) is 2.09. The van der Waals surface area contributed by atoms with Crippen molar-refractivity contribution >= 4 is 35.5 Å². The Bertz CT molecular complexity index is 459. The molecule has 3 nitrogen and oxygen atoms in total. The monoisotopic (exact) mass is 236 g/mol. The summed E-state index contributed by atoms with van der Waals surface area (Å²) in [5.74, 6) is -0.399. The van der Waals surface area contributed by atoms with Gasteiger partial charge in [0, 0.05) is 35.8 Å². The summed E-state index contributed by atoms with van der Waals surface area (Å²) < 4.78 is 5.11. The van der Waals surface area contributed by atoms with Gasteiger partial charge in [0.25, 0.3) is 0 Å². The number of hydrogen-bond acceptors (Lipinski definition) is 3. The van der Waals surface area contributed by atoms with E-state index in [-0.39, 0.29) is 36.2 Å². The number of carbonyl (C=O) groups excluding carboxylic acids is 1. The van der Waals surface area contributed by atoms with Crippen LogP contribution in [-0.4, -0.2) is 40.5 Å². The fraction of sp³-hybridized carbons (Fsp3) is 0.0769. The molecule has 0 fully saturated rings. The Labute approximate surface area is 122 Å². The minimum Gasteiger partial charge on any atom is -0.456 e. The molecule has 17 heavy (non-hydrogen) atoms. The second-order valence-corrected chi connectivity index (χ2v) is 3.28. The quantitative estimate of drug-likeness (QED) is 0.605. The minimum atomic E-state index is -0.399. The molecule has 4 heteroatoms. The molecule has 0 aliphatic carbocycles. The molecule has 0 amide bonds. The third kappa shape index (κ3) is 4.30. The van der Waals surface area contributed by atoms with E-state index in [1.807, 2.05) is 30.3 Å². The summed E-state index contributed by atoms with van der Waals surface area (Å²) in [6.45, 7) is 0.274. The van der Waals surface area contributed by atoms with Crippen molar-refractivity contribution in [3.8, 4) is 0 Å². The predicted octanol–water partition coefficient (Wildman–Crippen LogP) is 2.06. The second-order valence-electron chi connectivity index (χ2n) is 3.28. The summed E-state index contributed by atoms with van der Waals surface area (Å²) in [7, 11) is 0. The molecule has 0 saturated carbocycles. The van der Waals surface area contributed by atoms with E-state index < -0.39 is 5.97 Å². The van der Waals surface area contributed by atoms with Crippen LogP contribution in [0.25, 0.3) is 0 Å². The molecule has 0 aliphatic heterocycles. The molecule has 0 unspecified atom stereocenters. The van der Waals surface area contributed by atoms with Crippen LogP contribution in [0.15, 0.2) is 54.7 Å². The molecular formula is C13H11NNaO2. The first kappa shape index (κ1) is 13.9. The van der Waals surface area contributed by atoms with Gasteiger partial charge in [0.1, 0.15) is 12.3 Å². The number of aromatic nitrogens is 1. The molecule has 0 aliphatic rings. The summed E-state index contributed by atoms with van der Waals surface area (Å²) in [5, 5.41) is 0. The van der Waals surface area contributed by atoms with E-state index in [0.717, 1.165) is 5.56 Å². The molecule has 81 valence electrons. The van der Waals surface area contributed by atoms with Crippen molar-refractivity contribution in [2.75, 3.05) is 0 Å². The molecule has 0 saturated heterocycles. The first-order valence-corrected chi connectivity index (χ1v) is 4.98. The summed E-state index contributed by atoms with van der Waals surface area (Å²) in [4.78, 5) is 15.4. The average Bonchev–Trinajstić information content (AvgIpc) is 2.38. The largest absolute Gasteiger partial charge is 0.456 e. The first-order chi connectivity index (χ1) is 7.86. The topological polar surface area (TPSA) is 39.2 Å². The maximum absolute atomic E-state index is 11.5. The summed E-state index contributed by atoms with van der Waals surface area (Å²) in [5.41, 5.74) is 1.30. The van der Waals surface area contributed by atoms with Crippen LogP contribution in [0.4, 0.5) is 0 Å². The standard InChI is InChI=1S/C13H11NO2.Na/c15-13(12-8-4-5-9-14-12)16-10-11-6-2-1-3-7-11;/h1-9H,10H2;. The number of pyridine rings is 1. The zero-order valence-electron chi connectivity index (χ0n) is 9.67. The Morgan fingerprint density at radius 2 is 1.76 bits per heavy atom. The van der Waals surface area contributed by atoms with Crippen LogP contribution in [0.2, 0.25) is 0 Å². The van der Waals surface area contributed by atoms with Gasteiger partial charge < -0.3 is 4.74 Å². The van der Waals surface area contributed by atoms with Gasteiger partial charge in [-0.2, -0.15) is 0 Å². The zero-order valence-corrected chi connectivity index (χ0v) is 11.7. The van der Waals surface area contributed by atoms with Crippen molar-refractivity contribution in [3.05, 3.63) is 66.0 Å². The SMILES string of the molecule is O=C(OCc1ccccc1)c1ccccn1.[Na]. The molecular weight excluding hydrogens is 225 g/mol. The average molecular weight is 236 g/mol. The van der Waals surface area contributed by atoms with Gasteiger partial charge in [0.05, 0.1) is 0 Å². The Morgan fingerprint density at radius 3 is 2.41 bits per heavy atom.